The van der Waals surface area contributed by atoms with Crippen molar-refractivity contribution >= 4 is 31.5 Å². The second-order valence-corrected chi connectivity index (χ2v) is 9.89. The molecule has 0 aliphatic heterocycles. The Balaban J connectivity index is 2.15. The fourth-order valence-corrected chi connectivity index (χ4v) is 4.84. The lowest BCUT2D eigenvalue weighted by molar-refractivity contribution is -0.142. The molecule has 12 heteroatoms. The van der Waals surface area contributed by atoms with E-state index in [4.69, 9.17) is 23.6 Å². The summed E-state index contributed by atoms with van der Waals surface area (Å²) in [6, 6.07) is 12.4. The molecule has 0 spiro atoms. The minimum atomic E-state index is -4.03. The fraction of sp³-hybridized carbons (Fsp3) is 0.333. The van der Waals surface area contributed by atoms with E-state index in [0.717, 1.165) is 0 Å². The Morgan fingerprint density at radius 3 is 1.53 bits per heavy atom. The Labute approximate surface area is 207 Å². The molecule has 2 rings (SSSR count). The lowest BCUT2D eigenvalue weighted by Crippen LogP contribution is -2.21. The Kier molecular flexibility index (Phi) is 10.8. The van der Waals surface area contributed by atoms with Crippen molar-refractivity contribution in [2.75, 3.05) is 6.16 Å². The Morgan fingerprint density at radius 2 is 1.19 bits per heavy atom. The summed E-state index contributed by atoms with van der Waals surface area (Å²) < 4.78 is 34.6. The second-order valence-electron chi connectivity index (χ2n) is 7.78. The van der Waals surface area contributed by atoms with Crippen molar-refractivity contribution in [1.29, 1.82) is 0 Å². The van der Waals surface area contributed by atoms with E-state index in [-0.39, 0.29) is 19.6 Å². The molecule has 1 atom stereocenters. The number of aliphatic carboxylic acids is 2. The number of ether oxygens (including phenoxy) is 2. The summed E-state index contributed by atoms with van der Waals surface area (Å²) in [4.78, 5) is 44.7. The van der Waals surface area contributed by atoms with Crippen LogP contribution in [-0.4, -0.2) is 40.3 Å². The quantitative estimate of drug-likeness (QED) is 0.209. The van der Waals surface area contributed by atoms with E-state index >= 15 is 0 Å². The maximum atomic E-state index is 13.6. The number of carbonyl (C=O) groups excluding carboxylic acids is 2. The van der Waals surface area contributed by atoms with Crippen molar-refractivity contribution in [3.8, 4) is 11.5 Å². The Bertz CT molecular complexity index is 1040. The maximum absolute atomic E-state index is 13.6. The summed E-state index contributed by atoms with van der Waals surface area (Å²) in [7, 11) is -4.03. The molecule has 0 radical (unpaired) electrons. The topological polar surface area (TPSA) is 163 Å². The van der Waals surface area contributed by atoms with Crippen LogP contribution in [0, 0.1) is 5.92 Å². The molecule has 0 bridgehead atoms. The highest BCUT2D eigenvalue weighted by Gasteiger charge is 2.33. The normalized spacial score (nSPS) is 11.9. The number of carboxylic acids is 2. The first-order valence-corrected chi connectivity index (χ1v) is 12.6. The molecular formula is C24H27O11P. The van der Waals surface area contributed by atoms with Crippen LogP contribution in [0.2, 0.25) is 0 Å². The van der Waals surface area contributed by atoms with Gasteiger partial charge in [0.1, 0.15) is 11.5 Å². The third-order valence-electron chi connectivity index (χ3n) is 4.73. The molecule has 11 nitrogen and oxygen atoms in total. The lowest BCUT2D eigenvalue weighted by Gasteiger charge is -2.22. The van der Waals surface area contributed by atoms with Crippen molar-refractivity contribution < 1.29 is 52.5 Å². The van der Waals surface area contributed by atoms with Gasteiger partial charge in [-0.05, 0) is 41.8 Å². The predicted octanol–water partition coefficient (Wildman–Crippen LogP) is 4.03. The van der Waals surface area contributed by atoms with Crippen molar-refractivity contribution in [3.05, 3.63) is 59.7 Å². The summed E-state index contributed by atoms with van der Waals surface area (Å²) in [6.45, 7) is 2.12. The van der Waals surface area contributed by atoms with Gasteiger partial charge >= 0.3 is 31.5 Å². The highest BCUT2D eigenvalue weighted by atomic mass is 31.2. The molecule has 0 aromatic heterocycles. The number of carbonyl (C=O) groups is 4. The SMILES string of the molecule is CC(=O)Oc1ccc(COP(=O)(CC(CCC(=O)O)C(=O)O)OCc2ccc(OC(C)=O)cc2)cc1. The first kappa shape index (κ1) is 28.7. The Morgan fingerprint density at radius 1 is 0.778 bits per heavy atom. The van der Waals surface area contributed by atoms with Gasteiger partial charge in [0.05, 0.1) is 25.3 Å². The van der Waals surface area contributed by atoms with E-state index in [2.05, 4.69) is 0 Å². The van der Waals surface area contributed by atoms with Crippen molar-refractivity contribution in [2.45, 2.75) is 39.9 Å². The molecule has 0 saturated heterocycles. The average molecular weight is 522 g/mol. The van der Waals surface area contributed by atoms with Gasteiger partial charge in [-0.15, -0.1) is 0 Å². The van der Waals surface area contributed by atoms with Gasteiger partial charge in [0.25, 0.3) is 0 Å². The zero-order chi connectivity index (χ0) is 26.7. The van der Waals surface area contributed by atoms with Gasteiger partial charge in [0.2, 0.25) is 0 Å². The van der Waals surface area contributed by atoms with Gasteiger partial charge in [0, 0.05) is 20.3 Å². The Hall–Kier alpha value is -3.53. The molecule has 0 heterocycles. The summed E-state index contributed by atoms with van der Waals surface area (Å²) in [6.07, 6.45) is -1.21. The molecule has 194 valence electrons. The van der Waals surface area contributed by atoms with E-state index in [1.165, 1.54) is 38.1 Å². The van der Waals surface area contributed by atoms with Crippen LogP contribution in [-0.2, 0) is 46.0 Å². The number of hydrogen-bond donors (Lipinski definition) is 2. The molecule has 2 aromatic carbocycles. The summed E-state index contributed by atoms with van der Waals surface area (Å²) >= 11 is 0. The van der Waals surface area contributed by atoms with Crippen LogP contribution in [0.1, 0.15) is 37.8 Å². The highest BCUT2D eigenvalue weighted by Crippen LogP contribution is 2.52. The van der Waals surface area contributed by atoms with E-state index in [1.807, 2.05) is 0 Å². The summed E-state index contributed by atoms with van der Waals surface area (Å²) in [5.41, 5.74) is 1.11. The molecule has 0 saturated carbocycles. The number of esters is 2. The monoisotopic (exact) mass is 522 g/mol. The van der Waals surface area contributed by atoms with Crippen LogP contribution in [0.5, 0.6) is 11.5 Å². The van der Waals surface area contributed by atoms with Gasteiger partial charge < -0.3 is 28.7 Å². The number of rotatable bonds is 14. The fourth-order valence-electron chi connectivity index (χ4n) is 2.99. The first-order chi connectivity index (χ1) is 17.0. The van der Waals surface area contributed by atoms with Crippen LogP contribution in [0.3, 0.4) is 0 Å². The molecular weight excluding hydrogens is 495 g/mol. The highest BCUT2D eigenvalue weighted by molar-refractivity contribution is 7.53. The van der Waals surface area contributed by atoms with Gasteiger partial charge in [-0.2, -0.15) is 0 Å². The molecule has 0 amide bonds. The molecule has 2 aromatic rings. The van der Waals surface area contributed by atoms with E-state index in [0.29, 0.717) is 22.6 Å². The first-order valence-electron chi connectivity index (χ1n) is 10.8. The van der Waals surface area contributed by atoms with Crippen molar-refractivity contribution in [2.24, 2.45) is 5.92 Å². The molecule has 0 aliphatic rings. The zero-order valence-corrected chi connectivity index (χ0v) is 20.6. The number of carboxylic acid groups (broad SMARTS) is 2. The molecule has 2 N–H and O–H groups in total. The smallest absolute Gasteiger partial charge is 0.332 e. The molecule has 1 unspecified atom stereocenters. The summed E-state index contributed by atoms with van der Waals surface area (Å²) in [5.74, 6) is -4.13. The van der Waals surface area contributed by atoms with Gasteiger partial charge in [0.15, 0.2) is 0 Å². The van der Waals surface area contributed by atoms with Crippen LogP contribution in [0.4, 0.5) is 0 Å². The third-order valence-corrected chi connectivity index (χ3v) is 6.66. The lowest BCUT2D eigenvalue weighted by atomic mass is 10.1. The summed E-state index contributed by atoms with van der Waals surface area (Å²) in [5, 5.41) is 18.4. The standard InChI is InChI=1S/C24H27O11P/c1-16(25)34-21-8-3-18(4-9-21)13-32-36(31,15-20(24(29)30)7-12-23(27)28)33-14-19-5-10-22(11-6-19)35-17(2)26/h3-6,8-11,20H,7,12-15H2,1-2H3,(H,27,28)(H,29,30). The largest absolute Gasteiger partial charge is 0.481 e. The number of hydrogen-bond acceptors (Lipinski definition) is 9. The van der Waals surface area contributed by atoms with E-state index in [9.17, 15) is 28.8 Å². The van der Waals surface area contributed by atoms with E-state index < -0.39 is 50.0 Å². The minimum absolute atomic E-state index is 0.200. The van der Waals surface area contributed by atoms with Crippen LogP contribution in [0.25, 0.3) is 0 Å². The molecule has 0 fully saturated rings. The predicted molar refractivity (Wildman–Crippen MR) is 126 cm³/mol. The van der Waals surface area contributed by atoms with Gasteiger partial charge in [-0.1, -0.05) is 24.3 Å². The zero-order valence-electron chi connectivity index (χ0n) is 19.7. The van der Waals surface area contributed by atoms with Crippen LogP contribution in [0.15, 0.2) is 48.5 Å². The minimum Gasteiger partial charge on any atom is -0.481 e. The van der Waals surface area contributed by atoms with Crippen LogP contribution < -0.4 is 9.47 Å². The van der Waals surface area contributed by atoms with Crippen LogP contribution >= 0.6 is 7.60 Å². The number of benzene rings is 2. The second kappa shape index (κ2) is 13.5. The average Bonchev–Trinajstić information content (AvgIpc) is 2.80. The van der Waals surface area contributed by atoms with Gasteiger partial charge in [-0.3, -0.25) is 23.7 Å². The maximum Gasteiger partial charge on any atom is 0.332 e. The van der Waals surface area contributed by atoms with Gasteiger partial charge in [-0.25, -0.2) is 0 Å². The molecule has 36 heavy (non-hydrogen) atoms. The third kappa shape index (κ3) is 10.4. The van der Waals surface area contributed by atoms with Crippen molar-refractivity contribution in [1.82, 2.24) is 0 Å². The van der Waals surface area contributed by atoms with Crippen molar-refractivity contribution in [3.63, 3.8) is 0 Å². The van der Waals surface area contributed by atoms with E-state index in [1.54, 1.807) is 24.3 Å². The molecule has 0 aliphatic carbocycles.